The van der Waals surface area contributed by atoms with Crippen molar-refractivity contribution in [3.8, 4) is 0 Å². The molecule has 1 amide bonds. The fourth-order valence-electron chi connectivity index (χ4n) is 1.72. The Balaban J connectivity index is 1.98. The Labute approximate surface area is 104 Å². The van der Waals surface area contributed by atoms with Gasteiger partial charge in [0.25, 0.3) is 0 Å². The van der Waals surface area contributed by atoms with Gasteiger partial charge in [-0.3, -0.25) is 4.79 Å². The molecule has 0 unspecified atom stereocenters. The highest BCUT2D eigenvalue weighted by atomic mass is 35.5. The molecule has 0 aromatic heterocycles. The molecule has 1 aromatic rings. The van der Waals surface area contributed by atoms with Gasteiger partial charge in [-0.1, -0.05) is 11.6 Å². The molecule has 3 N–H and O–H groups in total. The summed E-state index contributed by atoms with van der Waals surface area (Å²) in [7, 11) is 0. The first-order valence-corrected chi connectivity index (χ1v) is 5.87. The van der Waals surface area contributed by atoms with Gasteiger partial charge in [-0.2, -0.15) is 0 Å². The lowest BCUT2D eigenvalue weighted by molar-refractivity contribution is -0.126. The van der Waals surface area contributed by atoms with Crippen LogP contribution < -0.4 is 11.1 Å². The Bertz CT molecular complexity index is 446. The Morgan fingerprint density at radius 1 is 1.53 bits per heavy atom. The number of hydrogen-bond donors (Lipinski definition) is 2. The molecule has 1 aliphatic rings. The zero-order valence-electron chi connectivity index (χ0n) is 9.30. The van der Waals surface area contributed by atoms with E-state index >= 15 is 0 Å². The summed E-state index contributed by atoms with van der Waals surface area (Å²) in [6, 6.07) is 4.28. The van der Waals surface area contributed by atoms with Crippen LogP contribution in [-0.2, 0) is 11.3 Å². The molecule has 0 atom stereocenters. The van der Waals surface area contributed by atoms with Gasteiger partial charge in [0.05, 0.1) is 5.41 Å². The van der Waals surface area contributed by atoms with Crippen LogP contribution in [0.1, 0.15) is 18.4 Å². The van der Waals surface area contributed by atoms with Crippen molar-refractivity contribution in [1.82, 2.24) is 5.32 Å². The fourth-order valence-corrected chi connectivity index (χ4v) is 1.91. The number of nitrogens with one attached hydrogen (secondary N) is 1. The summed E-state index contributed by atoms with van der Waals surface area (Å²) in [5.41, 5.74) is 5.52. The van der Waals surface area contributed by atoms with Crippen molar-refractivity contribution >= 4 is 17.5 Å². The molecule has 1 saturated carbocycles. The predicted octanol–water partition coefficient (Wildman–Crippen LogP) is 1.83. The molecule has 0 saturated heterocycles. The van der Waals surface area contributed by atoms with E-state index in [0.717, 1.165) is 12.8 Å². The second-order valence-corrected chi connectivity index (χ2v) is 4.84. The van der Waals surface area contributed by atoms with E-state index in [0.29, 0.717) is 17.1 Å². The highest BCUT2D eigenvalue weighted by molar-refractivity contribution is 6.30. The van der Waals surface area contributed by atoms with Gasteiger partial charge in [-0.15, -0.1) is 0 Å². The largest absolute Gasteiger partial charge is 0.351 e. The molecule has 1 aromatic carbocycles. The number of amides is 1. The van der Waals surface area contributed by atoms with Crippen molar-refractivity contribution in [2.24, 2.45) is 11.1 Å². The molecule has 1 fully saturated rings. The molecule has 92 valence electrons. The third kappa shape index (κ3) is 2.58. The predicted molar refractivity (Wildman–Crippen MR) is 64.0 cm³/mol. The Morgan fingerprint density at radius 2 is 2.24 bits per heavy atom. The topological polar surface area (TPSA) is 55.1 Å². The molecule has 0 spiro atoms. The monoisotopic (exact) mass is 256 g/mol. The van der Waals surface area contributed by atoms with Crippen molar-refractivity contribution in [2.45, 2.75) is 19.4 Å². The van der Waals surface area contributed by atoms with Gasteiger partial charge in [0.1, 0.15) is 5.82 Å². The summed E-state index contributed by atoms with van der Waals surface area (Å²) in [4.78, 5) is 11.8. The summed E-state index contributed by atoms with van der Waals surface area (Å²) >= 11 is 5.76. The normalized spacial score (nSPS) is 16.6. The number of hydrogen-bond acceptors (Lipinski definition) is 2. The smallest absolute Gasteiger partial charge is 0.227 e. The average molecular weight is 257 g/mol. The first-order chi connectivity index (χ1) is 8.07. The van der Waals surface area contributed by atoms with E-state index in [1.54, 1.807) is 0 Å². The lowest BCUT2D eigenvalue weighted by Crippen LogP contribution is -2.36. The number of carbonyl (C=O) groups excluding carboxylic acids is 1. The first kappa shape index (κ1) is 12.3. The van der Waals surface area contributed by atoms with Crippen LogP contribution >= 0.6 is 11.6 Å². The van der Waals surface area contributed by atoms with Crippen LogP contribution in [0.5, 0.6) is 0 Å². The van der Waals surface area contributed by atoms with E-state index in [1.807, 2.05) is 0 Å². The van der Waals surface area contributed by atoms with E-state index in [9.17, 15) is 9.18 Å². The van der Waals surface area contributed by atoms with E-state index < -0.39 is 5.41 Å². The Hall–Kier alpha value is -1.13. The molecule has 17 heavy (non-hydrogen) atoms. The van der Waals surface area contributed by atoms with Crippen molar-refractivity contribution in [3.05, 3.63) is 34.6 Å². The summed E-state index contributed by atoms with van der Waals surface area (Å²) < 4.78 is 13.4. The van der Waals surface area contributed by atoms with Crippen LogP contribution in [-0.4, -0.2) is 12.5 Å². The number of halogens is 2. The standard InChI is InChI=1S/C12H14ClFN2O/c13-9-1-2-10(14)8(5-9)6-16-11(17)12(7-15)3-4-12/h1-2,5H,3-4,6-7,15H2,(H,16,17). The second-order valence-electron chi connectivity index (χ2n) is 4.40. The van der Waals surface area contributed by atoms with Crippen LogP contribution in [0, 0.1) is 11.2 Å². The number of benzene rings is 1. The van der Waals surface area contributed by atoms with Crippen molar-refractivity contribution < 1.29 is 9.18 Å². The third-order valence-electron chi connectivity index (χ3n) is 3.17. The zero-order chi connectivity index (χ0) is 12.5. The lowest BCUT2D eigenvalue weighted by atomic mass is 10.1. The van der Waals surface area contributed by atoms with Gasteiger partial charge in [0, 0.05) is 23.7 Å². The Morgan fingerprint density at radius 3 is 2.82 bits per heavy atom. The van der Waals surface area contributed by atoms with E-state index in [2.05, 4.69) is 5.32 Å². The lowest BCUT2D eigenvalue weighted by Gasteiger charge is -2.13. The SMILES string of the molecule is NCC1(C(=O)NCc2cc(Cl)ccc2F)CC1. The Kier molecular flexibility index (Phi) is 3.35. The van der Waals surface area contributed by atoms with E-state index in [4.69, 9.17) is 17.3 Å². The van der Waals surface area contributed by atoms with Crippen molar-refractivity contribution in [3.63, 3.8) is 0 Å². The van der Waals surface area contributed by atoms with E-state index in [-0.39, 0.29) is 18.3 Å². The van der Waals surface area contributed by atoms with Gasteiger partial charge in [0.2, 0.25) is 5.91 Å². The number of rotatable bonds is 4. The highest BCUT2D eigenvalue weighted by Gasteiger charge is 2.48. The molecular weight excluding hydrogens is 243 g/mol. The molecule has 1 aliphatic carbocycles. The van der Waals surface area contributed by atoms with Gasteiger partial charge in [-0.25, -0.2) is 4.39 Å². The minimum atomic E-state index is -0.408. The minimum absolute atomic E-state index is 0.0978. The molecule has 3 nitrogen and oxygen atoms in total. The summed E-state index contributed by atoms with van der Waals surface area (Å²) in [6.45, 7) is 0.490. The van der Waals surface area contributed by atoms with Gasteiger partial charge >= 0.3 is 0 Å². The molecule has 0 heterocycles. The molecule has 5 heteroatoms. The van der Waals surface area contributed by atoms with Gasteiger partial charge < -0.3 is 11.1 Å². The summed E-state index contributed by atoms with van der Waals surface area (Å²) in [5.74, 6) is -0.466. The summed E-state index contributed by atoms with van der Waals surface area (Å²) in [5, 5.41) is 3.16. The number of carbonyl (C=O) groups is 1. The second kappa shape index (κ2) is 4.63. The maximum Gasteiger partial charge on any atom is 0.227 e. The molecule has 0 radical (unpaired) electrons. The van der Waals surface area contributed by atoms with Crippen LogP contribution in [0.25, 0.3) is 0 Å². The highest BCUT2D eigenvalue weighted by Crippen LogP contribution is 2.44. The minimum Gasteiger partial charge on any atom is -0.351 e. The average Bonchev–Trinajstić information content (AvgIpc) is 3.11. The summed E-state index contributed by atoms with van der Waals surface area (Å²) in [6.07, 6.45) is 1.63. The van der Waals surface area contributed by atoms with Crippen molar-refractivity contribution in [1.29, 1.82) is 0 Å². The van der Waals surface area contributed by atoms with Crippen LogP contribution in [0.2, 0.25) is 5.02 Å². The number of nitrogens with two attached hydrogens (primary N) is 1. The first-order valence-electron chi connectivity index (χ1n) is 5.50. The molecular formula is C12H14ClFN2O. The van der Waals surface area contributed by atoms with Crippen LogP contribution in [0.3, 0.4) is 0 Å². The van der Waals surface area contributed by atoms with Gasteiger partial charge in [0.15, 0.2) is 0 Å². The molecule has 0 bridgehead atoms. The fraction of sp³-hybridized carbons (Fsp3) is 0.417. The maximum atomic E-state index is 13.4. The van der Waals surface area contributed by atoms with Crippen molar-refractivity contribution in [2.75, 3.05) is 6.54 Å². The van der Waals surface area contributed by atoms with Crippen LogP contribution in [0.15, 0.2) is 18.2 Å². The van der Waals surface area contributed by atoms with E-state index in [1.165, 1.54) is 18.2 Å². The third-order valence-corrected chi connectivity index (χ3v) is 3.41. The van der Waals surface area contributed by atoms with Crippen LogP contribution in [0.4, 0.5) is 4.39 Å². The molecule has 0 aliphatic heterocycles. The van der Waals surface area contributed by atoms with Gasteiger partial charge in [-0.05, 0) is 31.0 Å². The molecule has 2 rings (SSSR count). The quantitative estimate of drug-likeness (QED) is 0.864. The zero-order valence-corrected chi connectivity index (χ0v) is 10.1. The maximum absolute atomic E-state index is 13.4.